The molecule has 2 amide bonds. The van der Waals surface area contributed by atoms with Gasteiger partial charge in [0.2, 0.25) is 0 Å². The zero-order chi connectivity index (χ0) is 15.5. The van der Waals surface area contributed by atoms with Gasteiger partial charge in [0.1, 0.15) is 11.6 Å². The first-order chi connectivity index (χ1) is 9.87. The minimum atomic E-state index is -0.363. The second-order valence-electron chi connectivity index (χ2n) is 5.52. The van der Waals surface area contributed by atoms with E-state index < -0.39 is 0 Å². The quantitative estimate of drug-likeness (QED) is 0.909. The number of rotatable bonds is 4. The van der Waals surface area contributed by atoms with Crippen molar-refractivity contribution in [2.75, 3.05) is 11.9 Å². The lowest BCUT2D eigenvalue weighted by atomic mass is 9.84. The van der Waals surface area contributed by atoms with Gasteiger partial charge in [0.05, 0.1) is 0 Å². The molecule has 1 aromatic heterocycles. The fourth-order valence-corrected chi connectivity index (χ4v) is 1.89. The van der Waals surface area contributed by atoms with E-state index in [0.717, 1.165) is 5.56 Å². The maximum atomic E-state index is 12.9. The fraction of sp³-hybridized carbons (Fsp3) is 0.333. The molecule has 0 aliphatic heterocycles. The number of amides is 2. The number of hydrogen-bond donors (Lipinski definition) is 2. The minimum absolute atomic E-state index is 0.276. The zero-order valence-electron chi connectivity index (χ0n) is 12.2. The van der Waals surface area contributed by atoms with E-state index in [9.17, 15) is 9.18 Å². The number of aromatic nitrogens is 1. The van der Waals surface area contributed by atoms with Crippen molar-refractivity contribution < 1.29 is 13.7 Å². The van der Waals surface area contributed by atoms with Crippen molar-refractivity contribution >= 4 is 11.8 Å². The Labute approximate surface area is 122 Å². The molecule has 0 unspecified atom stereocenters. The van der Waals surface area contributed by atoms with Crippen LogP contribution >= 0.6 is 0 Å². The Morgan fingerprint density at radius 2 is 2.00 bits per heavy atom. The number of urea groups is 1. The number of carbonyl (C=O) groups excluding carboxylic acids is 1. The van der Waals surface area contributed by atoms with E-state index in [1.54, 1.807) is 25.1 Å². The van der Waals surface area contributed by atoms with Gasteiger partial charge in [-0.2, -0.15) is 0 Å². The molecule has 0 radical (unpaired) electrons. The zero-order valence-corrected chi connectivity index (χ0v) is 12.2. The largest absolute Gasteiger partial charge is 0.360 e. The Hall–Kier alpha value is -2.37. The van der Waals surface area contributed by atoms with Gasteiger partial charge in [-0.05, 0) is 24.6 Å². The molecular formula is C15H18FN3O2. The van der Waals surface area contributed by atoms with Crippen molar-refractivity contribution in [1.29, 1.82) is 0 Å². The number of carbonyl (C=O) groups is 1. The van der Waals surface area contributed by atoms with Gasteiger partial charge in [0, 0.05) is 18.0 Å². The van der Waals surface area contributed by atoms with Gasteiger partial charge < -0.3 is 9.84 Å². The molecule has 21 heavy (non-hydrogen) atoms. The van der Waals surface area contributed by atoms with Crippen LogP contribution in [0.1, 0.15) is 25.2 Å². The Balaban J connectivity index is 1.91. The van der Waals surface area contributed by atoms with Gasteiger partial charge in [-0.15, -0.1) is 0 Å². The predicted molar refractivity (Wildman–Crippen MR) is 77.7 cm³/mol. The summed E-state index contributed by atoms with van der Waals surface area (Å²) in [5.41, 5.74) is 0.631. The van der Waals surface area contributed by atoms with Crippen LogP contribution in [0.5, 0.6) is 0 Å². The van der Waals surface area contributed by atoms with Crippen LogP contribution in [0.25, 0.3) is 0 Å². The standard InChI is InChI=1S/C15H18FN3O2/c1-10-8-13(19-21-10)18-14(20)17-9-15(2,3)11-4-6-12(16)7-5-11/h4-8H,9H2,1-3H3,(H2,17,18,19,20). The highest BCUT2D eigenvalue weighted by atomic mass is 19.1. The van der Waals surface area contributed by atoms with Gasteiger partial charge in [-0.1, -0.05) is 31.1 Å². The molecule has 2 aromatic rings. The average Bonchev–Trinajstić information content (AvgIpc) is 2.82. The molecule has 0 bridgehead atoms. The number of nitrogens with zero attached hydrogens (tertiary/aromatic N) is 1. The Morgan fingerprint density at radius 3 is 2.57 bits per heavy atom. The van der Waals surface area contributed by atoms with E-state index >= 15 is 0 Å². The number of benzene rings is 1. The summed E-state index contributed by atoms with van der Waals surface area (Å²) in [4.78, 5) is 11.8. The fourth-order valence-electron chi connectivity index (χ4n) is 1.89. The van der Waals surface area contributed by atoms with Gasteiger partial charge in [0.25, 0.3) is 0 Å². The lowest BCUT2D eigenvalue weighted by molar-refractivity contribution is 0.249. The lowest BCUT2D eigenvalue weighted by Gasteiger charge is -2.25. The third-order valence-corrected chi connectivity index (χ3v) is 3.19. The third kappa shape index (κ3) is 4.05. The molecule has 2 N–H and O–H groups in total. The Kier molecular flexibility index (Phi) is 4.26. The Morgan fingerprint density at radius 1 is 1.33 bits per heavy atom. The highest BCUT2D eigenvalue weighted by Gasteiger charge is 2.21. The molecule has 6 heteroatoms. The van der Waals surface area contributed by atoms with Gasteiger partial charge in [-0.25, -0.2) is 9.18 Å². The van der Waals surface area contributed by atoms with E-state index in [-0.39, 0.29) is 17.3 Å². The van der Waals surface area contributed by atoms with Crippen LogP contribution in [0.4, 0.5) is 15.0 Å². The van der Waals surface area contributed by atoms with Crippen molar-refractivity contribution in [3.63, 3.8) is 0 Å². The molecule has 1 heterocycles. The summed E-state index contributed by atoms with van der Waals surface area (Å²) in [6.07, 6.45) is 0. The van der Waals surface area contributed by atoms with Crippen molar-refractivity contribution in [2.45, 2.75) is 26.2 Å². The number of aryl methyl sites for hydroxylation is 1. The molecule has 0 atom stereocenters. The first-order valence-corrected chi connectivity index (χ1v) is 6.61. The molecule has 1 aromatic carbocycles. The first kappa shape index (κ1) is 15.0. The summed E-state index contributed by atoms with van der Waals surface area (Å²) in [7, 11) is 0. The molecule has 2 rings (SSSR count). The summed E-state index contributed by atoms with van der Waals surface area (Å²) in [6, 6.07) is 7.53. The highest BCUT2D eigenvalue weighted by molar-refractivity contribution is 5.88. The SMILES string of the molecule is Cc1cc(NC(=O)NCC(C)(C)c2ccc(F)cc2)no1. The van der Waals surface area contributed by atoms with Crippen LogP contribution in [-0.2, 0) is 5.41 Å². The molecule has 0 saturated heterocycles. The highest BCUT2D eigenvalue weighted by Crippen LogP contribution is 2.22. The van der Waals surface area contributed by atoms with Gasteiger partial charge in [-0.3, -0.25) is 5.32 Å². The van der Waals surface area contributed by atoms with E-state index in [1.165, 1.54) is 12.1 Å². The van der Waals surface area contributed by atoms with E-state index in [1.807, 2.05) is 13.8 Å². The van der Waals surface area contributed by atoms with E-state index in [2.05, 4.69) is 15.8 Å². The van der Waals surface area contributed by atoms with Crippen LogP contribution in [0.3, 0.4) is 0 Å². The molecule has 0 saturated carbocycles. The van der Waals surface area contributed by atoms with Gasteiger partial charge >= 0.3 is 6.03 Å². The Bertz CT molecular complexity index is 620. The minimum Gasteiger partial charge on any atom is -0.360 e. The monoisotopic (exact) mass is 291 g/mol. The summed E-state index contributed by atoms with van der Waals surface area (Å²) in [5.74, 6) is 0.711. The first-order valence-electron chi connectivity index (χ1n) is 6.61. The summed E-state index contributed by atoms with van der Waals surface area (Å²) >= 11 is 0. The topological polar surface area (TPSA) is 67.2 Å². The van der Waals surface area contributed by atoms with Crippen molar-refractivity contribution in [3.05, 3.63) is 47.5 Å². The number of nitrogens with one attached hydrogen (secondary N) is 2. The van der Waals surface area contributed by atoms with Crippen LogP contribution in [0, 0.1) is 12.7 Å². The lowest BCUT2D eigenvalue weighted by Crippen LogP contribution is -2.39. The molecule has 5 nitrogen and oxygen atoms in total. The van der Waals surface area contributed by atoms with Crippen molar-refractivity contribution in [3.8, 4) is 0 Å². The van der Waals surface area contributed by atoms with Crippen molar-refractivity contribution in [2.24, 2.45) is 0 Å². The maximum Gasteiger partial charge on any atom is 0.320 e. The molecule has 112 valence electrons. The summed E-state index contributed by atoms with van der Waals surface area (Å²) in [6.45, 7) is 6.09. The average molecular weight is 291 g/mol. The molecule has 0 fully saturated rings. The third-order valence-electron chi connectivity index (χ3n) is 3.19. The molecule has 0 spiro atoms. The van der Waals surface area contributed by atoms with Crippen molar-refractivity contribution in [1.82, 2.24) is 10.5 Å². The van der Waals surface area contributed by atoms with Crippen LogP contribution in [0.15, 0.2) is 34.9 Å². The van der Waals surface area contributed by atoms with Crippen LogP contribution < -0.4 is 10.6 Å². The number of halogens is 1. The van der Waals surface area contributed by atoms with E-state index in [0.29, 0.717) is 18.1 Å². The number of anilines is 1. The van der Waals surface area contributed by atoms with Crippen LogP contribution in [0.2, 0.25) is 0 Å². The molecule has 0 aliphatic rings. The predicted octanol–water partition coefficient (Wildman–Crippen LogP) is 3.22. The normalized spacial score (nSPS) is 11.2. The van der Waals surface area contributed by atoms with E-state index in [4.69, 9.17) is 4.52 Å². The summed E-state index contributed by atoms with van der Waals surface area (Å²) in [5, 5.41) is 9.03. The molecular weight excluding hydrogens is 273 g/mol. The smallest absolute Gasteiger partial charge is 0.320 e. The second kappa shape index (κ2) is 5.95. The molecule has 0 aliphatic carbocycles. The number of hydrogen-bond acceptors (Lipinski definition) is 3. The summed E-state index contributed by atoms with van der Waals surface area (Å²) < 4.78 is 17.8. The van der Waals surface area contributed by atoms with Gasteiger partial charge in [0.15, 0.2) is 5.82 Å². The maximum absolute atomic E-state index is 12.9. The van der Waals surface area contributed by atoms with Crippen LogP contribution in [-0.4, -0.2) is 17.7 Å². The second-order valence-corrected chi connectivity index (χ2v) is 5.52.